The van der Waals surface area contributed by atoms with Gasteiger partial charge in [0.25, 0.3) is 17.2 Å². The average Bonchev–Trinajstić information content (AvgIpc) is 3.27. The second kappa shape index (κ2) is 9.26. The topological polar surface area (TPSA) is 140 Å². The molecule has 1 aliphatic rings. The van der Waals surface area contributed by atoms with Gasteiger partial charge in [-0.25, -0.2) is 9.67 Å². The van der Waals surface area contributed by atoms with Gasteiger partial charge in [-0.1, -0.05) is 35.0 Å². The van der Waals surface area contributed by atoms with Crippen molar-refractivity contribution in [2.75, 3.05) is 13.1 Å². The molecule has 3 heterocycles. The summed E-state index contributed by atoms with van der Waals surface area (Å²) in [6.45, 7) is 1.31. The molecule has 178 valence electrons. The third kappa shape index (κ3) is 4.62. The minimum atomic E-state index is -0.462. The van der Waals surface area contributed by atoms with E-state index in [0.29, 0.717) is 48.0 Å². The normalized spacial score (nSPS) is 14.4. The summed E-state index contributed by atoms with van der Waals surface area (Å²) in [6.07, 6.45) is 1.29. The second-order valence-corrected chi connectivity index (χ2v) is 8.81. The lowest BCUT2D eigenvalue weighted by Crippen LogP contribution is -2.38. The van der Waals surface area contributed by atoms with Gasteiger partial charge >= 0.3 is 0 Å². The van der Waals surface area contributed by atoms with E-state index >= 15 is 0 Å². The fourth-order valence-corrected chi connectivity index (χ4v) is 4.43. The number of rotatable bonds is 5. The average molecular weight is 494 g/mol. The van der Waals surface area contributed by atoms with E-state index < -0.39 is 4.92 Å². The van der Waals surface area contributed by atoms with E-state index in [4.69, 9.17) is 11.6 Å². The van der Waals surface area contributed by atoms with Crippen LogP contribution in [0.2, 0.25) is 5.02 Å². The van der Waals surface area contributed by atoms with Gasteiger partial charge in [0.1, 0.15) is 5.82 Å². The predicted octanol–water partition coefficient (Wildman–Crippen LogP) is 3.14. The van der Waals surface area contributed by atoms with Crippen LogP contribution < -0.4 is 5.56 Å². The molecule has 35 heavy (non-hydrogen) atoms. The Morgan fingerprint density at radius 2 is 1.91 bits per heavy atom. The van der Waals surface area contributed by atoms with Crippen LogP contribution in [-0.2, 0) is 6.54 Å². The van der Waals surface area contributed by atoms with E-state index in [-0.39, 0.29) is 35.1 Å². The number of hydrogen-bond acceptors (Lipinski definition) is 7. The van der Waals surface area contributed by atoms with Crippen LogP contribution in [0.4, 0.5) is 5.69 Å². The summed E-state index contributed by atoms with van der Waals surface area (Å²) in [5, 5.41) is 19.4. The molecular formula is C23H20ClN7O4. The summed E-state index contributed by atoms with van der Waals surface area (Å²) in [5.41, 5.74) is 1.40. The van der Waals surface area contributed by atoms with Gasteiger partial charge in [-0.3, -0.25) is 19.7 Å². The van der Waals surface area contributed by atoms with Gasteiger partial charge in [-0.15, -0.1) is 5.10 Å². The SMILES string of the molecule is O=C(c1cccc(Cl)c1)N1CCC(c2nc3c(nnn3Cc3ccc([N+](=O)[O-])cc3)c(=O)[nH]2)CC1. The van der Waals surface area contributed by atoms with E-state index in [9.17, 15) is 19.7 Å². The Morgan fingerprint density at radius 3 is 2.60 bits per heavy atom. The van der Waals surface area contributed by atoms with Gasteiger partial charge in [-0.2, -0.15) is 0 Å². The molecule has 12 heteroatoms. The predicted molar refractivity (Wildman–Crippen MR) is 127 cm³/mol. The molecule has 1 fully saturated rings. The van der Waals surface area contributed by atoms with E-state index in [1.807, 2.05) is 0 Å². The molecule has 0 aliphatic carbocycles. The highest BCUT2D eigenvalue weighted by Gasteiger charge is 2.27. The van der Waals surface area contributed by atoms with Crippen molar-refractivity contribution in [3.63, 3.8) is 0 Å². The molecule has 0 radical (unpaired) electrons. The first-order valence-electron chi connectivity index (χ1n) is 11.0. The van der Waals surface area contributed by atoms with Crippen molar-refractivity contribution in [2.24, 2.45) is 0 Å². The Hall–Kier alpha value is -4.12. The van der Waals surface area contributed by atoms with Crippen LogP contribution in [0.15, 0.2) is 53.3 Å². The van der Waals surface area contributed by atoms with Gasteiger partial charge in [0.15, 0.2) is 11.2 Å². The molecule has 11 nitrogen and oxygen atoms in total. The Morgan fingerprint density at radius 1 is 1.17 bits per heavy atom. The molecular weight excluding hydrogens is 474 g/mol. The maximum Gasteiger partial charge on any atom is 0.281 e. The number of hydrogen-bond donors (Lipinski definition) is 1. The van der Waals surface area contributed by atoms with Gasteiger partial charge in [0.2, 0.25) is 0 Å². The Labute approximate surface area is 203 Å². The quantitative estimate of drug-likeness (QED) is 0.332. The Kier molecular flexibility index (Phi) is 6.00. The molecule has 0 saturated carbocycles. The van der Waals surface area contributed by atoms with E-state index in [1.165, 1.54) is 16.8 Å². The van der Waals surface area contributed by atoms with Crippen molar-refractivity contribution in [2.45, 2.75) is 25.3 Å². The van der Waals surface area contributed by atoms with Gasteiger partial charge in [0, 0.05) is 41.7 Å². The highest BCUT2D eigenvalue weighted by atomic mass is 35.5. The molecule has 5 rings (SSSR count). The summed E-state index contributed by atoms with van der Waals surface area (Å²) >= 11 is 6.02. The Balaban J connectivity index is 1.33. The van der Waals surface area contributed by atoms with Crippen molar-refractivity contribution in [3.05, 3.63) is 91.0 Å². The van der Waals surface area contributed by atoms with Crippen molar-refractivity contribution in [3.8, 4) is 0 Å². The number of halogens is 1. The molecule has 2 aromatic carbocycles. The third-order valence-electron chi connectivity index (χ3n) is 6.11. The zero-order valence-electron chi connectivity index (χ0n) is 18.4. The molecule has 0 atom stereocenters. The number of aromatic nitrogens is 5. The number of benzene rings is 2. The number of nitrogens with one attached hydrogen (secondary N) is 1. The zero-order chi connectivity index (χ0) is 24.5. The van der Waals surface area contributed by atoms with Crippen molar-refractivity contribution >= 4 is 34.4 Å². The number of nitro groups is 1. The second-order valence-electron chi connectivity index (χ2n) is 8.37. The number of carbonyl (C=O) groups excluding carboxylic acids is 1. The maximum atomic E-state index is 12.8. The maximum absolute atomic E-state index is 12.8. The molecule has 4 aromatic rings. The van der Waals surface area contributed by atoms with Crippen molar-refractivity contribution in [1.29, 1.82) is 0 Å². The number of fused-ring (bicyclic) bond motifs is 1. The minimum absolute atomic E-state index is 0.00533. The van der Waals surface area contributed by atoms with Crippen LogP contribution in [-0.4, -0.2) is 53.8 Å². The van der Waals surface area contributed by atoms with Crippen LogP contribution in [0.5, 0.6) is 0 Å². The molecule has 0 spiro atoms. The molecule has 1 N–H and O–H groups in total. The first-order valence-corrected chi connectivity index (χ1v) is 11.4. The number of nitro benzene ring substituents is 1. The van der Waals surface area contributed by atoms with Crippen molar-refractivity contribution < 1.29 is 9.72 Å². The van der Waals surface area contributed by atoms with Crippen LogP contribution >= 0.6 is 11.6 Å². The molecule has 0 bridgehead atoms. The lowest BCUT2D eigenvalue weighted by molar-refractivity contribution is -0.384. The fraction of sp³-hybridized carbons (Fsp3) is 0.261. The molecule has 1 amide bonds. The highest BCUT2D eigenvalue weighted by Crippen LogP contribution is 2.27. The minimum Gasteiger partial charge on any atom is -0.339 e. The number of nitrogens with zero attached hydrogens (tertiary/aromatic N) is 6. The fourth-order valence-electron chi connectivity index (χ4n) is 4.24. The number of piperidine rings is 1. The van der Waals surface area contributed by atoms with Crippen molar-refractivity contribution in [1.82, 2.24) is 29.9 Å². The van der Waals surface area contributed by atoms with E-state index in [0.717, 1.165) is 5.56 Å². The first kappa shape index (κ1) is 22.7. The Bertz CT molecular complexity index is 1470. The first-order chi connectivity index (χ1) is 16.9. The summed E-state index contributed by atoms with van der Waals surface area (Å²) in [4.78, 5) is 45.1. The molecule has 2 aromatic heterocycles. The zero-order valence-corrected chi connectivity index (χ0v) is 19.2. The third-order valence-corrected chi connectivity index (χ3v) is 6.35. The highest BCUT2D eigenvalue weighted by molar-refractivity contribution is 6.30. The monoisotopic (exact) mass is 493 g/mol. The largest absolute Gasteiger partial charge is 0.339 e. The number of aromatic amines is 1. The lowest BCUT2D eigenvalue weighted by atomic mass is 9.95. The molecule has 1 saturated heterocycles. The molecule has 0 unspecified atom stereocenters. The summed E-state index contributed by atoms with van der Waals surface area (Å²) < 4.78 is 1.51. The van der Waals surface area contributed by atoms with Crippen LogP contribution in [0, 0.1) is 10.1 Å². The van der Waals surface area contributed by atoms with Gasteiger partial charge < -0.3 is 9.88 Å². The van der Waals surface area contributed by atoms with Gasteiger partial charge in [0.05, 0.1) is 11.5 Å². The van der Waals surface area contributed by atoms with Crippen LogP contribution in [0.3, 0.4) is 0 Å². The summed E-state index contributed by atoms with van der Waals surface area (Å²) in [7, 11) is 0. The van der Waals surface area contributed by atoms with E-state index in [1.54, 1.807) is 41.3 Å². The molecule has 1 aliphatic heterocycles. The number of non-ortho nitro benzene ring substituents is 1. The van der Waals surface area contributed by atoms with E-state index in [2.05, 4.69) is 20.3 Å². The lowest BCUT2D eigenvalue weighted by Gasteiger charge is -2.31. The summed E-state index contributed by atoms with van der Waals surface area (Å²) in [6, 6.07) is 13.0. The number of likely N-dealkylation sites (tertiary alicyclic amines) is 1. The standard InChI is InChI=1S/C23H20ClN7O4/c24-17-3-1-2-16(12-17)23(33)29-10-8-15(9-11-29)20-25-21-19(22(32)26-20)27-28-30(21)13-14-4-6-18(7-5-14)31(34)35/h1-7,12,15H,8-11,13H2,(H,25,26,32). The number of carbonyl (C=O) groups is 1. The van der Waals surface area contributed by atoms with Crippen LogP contribution in [0.25, 0.3) is 11.2 Å². The van der Waals surface area contributed by atoms with Crippen LogP contribution in [0.1, 0.15) is 40.5 Å². The summed E-state index contributed by atoms with van der Waals surface area (Å²) in [5.74, 6) is 0.427. The number of H-pyrrole nitrogens is 1. The van der Waals surface area contributed by atoms with Gasteiger partial charge in [-0.05, 0) is 36.6 Å². The smallest absolute Gasteiger partial charge is 0.281 e. The number of amides is 1.